The van der Waals surface area contributed by atoms with E-state index < -0.39 is 0 Å². The van der Waals surface area contributed by atoms with Gasteiger partial charge in [0, 0.05) is 18.2 Å². The lowest BCUT2D eigenvalue weighted by Crippen LogP contribution is -2.13. The van der Waals surface area contributed by atoms with Crippen molar-refractivity contribution in [3.05, 3.63) is 34.3 Å². The highest BCUT2D eigenvalue weighted by atomic mass is 16.5. The Balaban J connectivity index is 2.00. The van der Waals surface area contributed by atoms with Crippen molar-refractivity contribution >= 4 is 17.7 Å². The minimum Gasteiger partial charge on any atom is -0.461 e. The number of esters is 1. The van der Waals surface area contributed by atoms with Crippen molar-refractivity contribution in [3.63, 3.8) is 0 Å². The van der Waals surface area contributed by atoms with Crippen molar-refractivity contribution in [2.24, 2.45) is 0 Å². The van der Waals surface area contributed by atoms with Crippen LogP contribution < -0.4 is 5.32 Å². The van der Waals surface area contributed by atoms with E-state index >= 15 is 0 Å². The van der Waals surface area contributed by atoms with Crippen molar-refractivity contribution in [2.45, 2.75) is 40.5 Å². The predicted molar refractivity (Wildman–Crippen MR) is 84.4 cm³/mol. The van der Waals surface area contributed by atoms with Gasteiger partial charge in [-0.1, -0.05) is 5.16 Å². The van der Waals surface area contributed by atoms with Crippen LogP contribution in [0, 0.1) is 20.8 Å². The number of nitrogens with zero attached hydrogens (tertiary/aromatic N) is 1. The van der Waals surface area contributed by atoms with Gasteiger partial charge >= 0.3 is 5.97 Å². The van der Waals surface area contributed by atoms with E-state index in [-0.39, 0.29) is 18.3 Å². The number of anilines is 1. The molecule has 2 rings (SSSR count). The number of H-pyrrole nitrogens is 1. The summed E-state index contributed by atoms with van der Waals surface area (Å²) in [6, 6.07) is 1.66. The molecule has 0 radical (unpaired) electrons. The van der Waals surface area contributed by atoms with Gasteiger partial charge in [-0.25, -0.2) is 4.79 Å². The zero-order chi connectivity index (χ0) is 17.0. The highest BCUT2D eigenvalue weighted by Gasteiger charge is 2.18. The number of hydrogen-bond donors (Lipinski definition) is 2. The predicted octanol–water partition coefficient (Wildman–Crippen LogP) is 2.68. The third kappa shape index (κ3) is 4.00. The Kier molecular flexibility index (Phi) is 5.20. The number of aromatic nitrogens is 2. The van der Waals surface area contributed by atoms with E-state index in [9.17, 15) is 9.59 Å². The molecule has 0 fully saturated rings. The Morgan fingerprint density at radius 3 is 2.70 bits per heavy atom. The summed E-state index contributed by atoms with van der Waals surface area (Å²) in [4.78, 5) is 26.9. The molecule has 1 amide bonds. The molecule has 2 aromatic rings. The molecule has 0 aliphatic heterocycles. The lowest BCUT2D eigenvalue weighted by molar-refractivity contribution is -0.116. The largest absolute Gasteiger partial charge is 0.461 e. The Bertz CT molecular complexity index is 715. The van der Waals surface area contributed by atoms with E-state index in [0.29, 0.717) is 30.3 Å². The fourth-order valence-corrected chi connectivity index (χ4v) is 2.44. The summed E-state index contributed by atoms with van der Waals surface area (Å²) in [7, 11) is 0. The lowest BCUT2D eigenvalue weighted by Gasteiger charge is -2.04. The molecule has 2 heterocycles. The van der Waals surface area contributed by atoms with Gasteiger partial charge in [0.05, 0.1) is 6.61 Å². The third-order valence-electron chi connectivity index (χ3n) is 3.57. The number of rotatable bonds is 6. The van der Waals surface area contributed by atoms with Crippen molar-refractivity contribution < 1.29 is 18.8 Å². The number of aryl methyl sites for hydroxylation is 2. The molecule has 0 aliphatic carbocycles. The van der Waals surface area contributed by atoms with Gasteiger partial charge in [-0.2, -0.15) is 0 Å². The molecule has 0 spiro atoms. The molecule has 2 aromatic heterocycles. The summed E-state index contributed by atoms with van der Waals surface area (Å²) in [6.07, 6.45) is 0.809. The number of hydrogen-bond acceptors (Lipinski definition) is 5. The molecule has 0 aliphatic rings. The van der Waals surface area contributed by atoms with Crippen LogP contribution in [-0.4, -0.2) is 28.6 Å². The number of aromatic amines is 1. The standard InChI is InChI=1S/C16H21N3O4/c1-5-22-16(21)15-10(3)12(11(4)17-15)6-7-14(20)18-13-8-9(2)23-19-13/h8,17H,5-7H2,1-4H3,(H,18,19,20). The van der Waals surface area contributed by atoms with Gasteiger partial charge in [0.15, 0.2) is 5.82 Å². The maximum Gasteiger partial charge on any atom is 0.355 e. The second-order valence-corrected chi connectivity index (χ2v) is 5.32. The summed E-state index contributed by atoms with van der Waals surface area (Å²) in [5, 5.41) is 6.40. The molecule has 0 saturated heterocycles. The first-order chi connectivity index (χ1) is 10.9. The summed E-state index contributed by atoms with van der Waals surface area (Å²) in [5.74, 6) is 0.511. The summed E-state index contributed by atoms with van der Waals surface area (Å²) in [6.45, 7) is 7.57. The first-order valence-electron chi connectivity index (χ1n) is 7.50. The van der Waals surface area contributed by atoms with Gasteiger partial charge in [-0.15, -0.1) is 0 Å². The maximum absolute atomic E-state index is 12.0. The second kappa shape index (κ2) is 7.13. The van der Waals surface area contributed by atoms with Crippen LogP contribution in [0.1, 0.15) is 46.4 Å². The summed E-state index contributed by atoms with van der Waals surface area (Å²) in [5.41, 5.74) is 3.10. The van der Waals surface area contributed by atoms with Crippen LogP contribution in [0.4, 0.5) is 5.82 Å². The van der Waals surface area contributed by atoms with Crippen molar-refractivity contribution in [3.8, 4) is 0 Å². The molecule has 124 valence electrons. The number of ether oxygens (including phenoxy) is 1. The smallest absolute Gasteiger partial charge is 0.355 e. The molecule has 0 bridgehead atoms. The van der Waals surface area contributed by atoms with Gasteiger partial charge in [-0.05, 0) is 45.2 Å². The van der Waals surface area contributed by atoms with Crippen LogP contribution in [0.25, 0.3) is 0 Å². The van der Waals surface area contributed by atoms with E-state index in [1.165, 1.54) is 0 Å². The number of nitrogens with one attached hydrogen (secondary N) is 2. The Morgan fingerprint density at radius 2 is 2.09 bits per heavy atom. The fraction of sp³-hybridized carbons (Fsp3) is 0.438. The molecule has 0 atom stereocenters. The van der Waals surface area contributed by atoms with Crippen LogP contribution >= 0.6 is 0 Å². The maximum atomic E-state index is 12.0. The lowest BCUT2D eigenvalue weighted by atomic mass is 10.0. The van der Waals surface area contributed by atoms with Crippen LogP contribution in [0.15, 0.2) is 10.6 Å². The quantitative estimate of drug-likeness (QED) is 0.798. The van der Waals surface area contributed by atoms with Crippen molar-refractivity contribution in [2.75, 3.05) is 11.9 Å². The van der Waals surface area contributed by atoms with Gasteiger partial charge in [0.2, 0.25) is 5.91 Å². The zero-order valence-corrected chi connectivity index (χ0v) is 13.8. The Morgan fingerprint density at radius 1 is 1.35 bits per heavy atom. The molecule has 7 heteroatoms. The molecule has 0 aromatic carbocycles. The van der Waals surface area contributed by atoms with Crippen LogP contribution in [0.5, 0.6) is 0 Å². The van der Waals surface area contributed by atoms with Crippen LogP contribution in [0.3, 0.4) is 0 Å². The third-order valence-corrected chi connectivity index (χ3v) is 3.57. The molecule has 7 nitrogen and oxygen atoms in total. The zero-order valence-electron chi connectivity index (χ0n) is 13.8. The van der Waals surface area contributed by atoms with Crippen LogP contribution in [0.2, 0.25) is 0 Å². The van der Waals surface area contributed by atoms with E-state index in [0.717, 1.165) is 16.8 Å². The first-order valence-corrected chi connectivity index (χ1v) is 7.50. The molecule has 0 unspecified atom stereocenters. The monoisotopic (exact) mass is 319 g/mol. The first kappa shape index (κ1) is 16.8. The number of amides is 1. The van der Waals surface area contributed by atoms with Gasteiger partial charge < -0.3 is 19.6 Å². The summed E-state index contributed by atoms with van der Waals surface area (Å²) < 4.78 is 9.91. The van der Waals surface area contributed by atoms with Gasteiger partial charge in [0.1, 0.15) is 11.5 Å². The SMILES string of the molecule is CCOC(=O)c1[nH]c(C)c(CCC(=O)Nc2cc(C)on2)c1C. The Hall–Kier alpha value is -2.57. The highest BCUT2D eigenvalue weighted by molar-refractivity contribution is 5.91. The number of carbonyl (C=O) groups is 2. The topological polar surface area (TPSA) is 97.2 Å². The average molecular weight is 319 g/mol. The van der Waals surface area contributed by atoms with Gasteiger partial charge in [0.25, 0.3) is 0 Å². The summed E-state index contributed by atoms with van der Waals surface area (Å²) >= 11 is 0. The van der Waals surface area contributed by atoms with Crippen molar-refractivity contribution in [1.82, 2.24) is 10.1 Å². The normalized spacial score (nSPS) is 10.6. The average Bonchev–Trinajstić information content (AvgIpc) is 3.01. The molecule has 23 heavy (non-hydrogen) atoms. The van der Waals surface area contributed by atoms with E-state index in [1.54, 1.807) is 19.9 Å². The van der Waals surface area contributed by atoms with E-state index in [1.807, 2.05) is 13.8 Å². The molecular weight excluding hydrogens is 298 g/mol. The molecule has 0 saturated carbocycles. The number of carbonyl (C=O) groups excluding carboxylic acids is 2. The van der Waals surface area contributed by atoms with E-state index in [2.05, 4.69) is 15.5 Å². The minimum absolute atomic E-state index is 0.156. The minimum atomic E-state index is -0.373. The highest BCUT2D eigenvalue weighted by Crippen LogP contribution is 2.20. The Labute approximate surface area is 134 Å². The van der Waals surface area contributed by atoms with Gasteiger partial charge in [-0.3, -0.25) is 4.79 Å². The van der Waals surface area contributed by atoms with Crippen molar-refractivity contribution in [1.29, 1.82) is 0 Å². The fourth-order valence-electron chi connectivity index (χ4n) is 2.44. The van der Waals surface area contributed by atoms with E-state index in [4.69, 9.17) is 9.26 Å². The molecular formula is C16H21N3O4. The van der Waals surface area contributed by atoms with Crippen LogP contribution in [-0.2, 0) is 16.0 Å². The molecule has 2 N–H and O–H groups in total. The second-order valence-electron chi connectivity index (χ2n) is 5.32.